The highest BCUT2D eigenvalue weighted by Crippen LogP contribution is 2.23. The fraction of sp³-hybridized carbons (Fsp3) is 1.00. The van der Waals surface area contributed by atoms with Crippen LogP contribution in [0.2, 0.25) is 0 Å². The molecule has 0 aliphatic carbocycles. The van der Waals surface area contributed by atoms with Crippen molar-refractivity contribution in [2.45, 2.75) is 33.2 Å². The summed E-state index contributed by atoms with van der Waals surface area (Å²) in [6.07, 6.45) is 1.37. The van der Waals surface area contributed by atoms with E-state index < -0.39 is 0 Å². The number of thiol groups is 1. The zero-order valence-corrected chi connectivity index (χ0v) is 9.35. The third-order valence-electron chi connectivity index (χ3n) is 2.77. The molecule has 72 valence electrons. The number of hydrogen-bond acceptors (Lipinski definition) is 2. The van der Waals surface area contributed by atoms with Gasteiger partial charge in [0.2, 0.25) is 0 Å². The van der Waals surface area contributed by atoms with Crippen LogP contribution in [0.25, 0.3) is 0 Å². The Morgan fingerprint density at radius 2 is 2.17 bits per heavy atom. The predicted molar refractivity (Wildman–Crippen MR) is 57.8 cm³/mol. The smallest absolute Gasteiger partial charge is 0.00701 e. The molecule has 0 spiro atoms. The molecule has 0 N–H and O–H groups in total. The van der Waals surface area contributed by atoms with Crippen molar-refractivity contribution in [2.75, 3.05) is 18.8 Å². The minimum Gasteiger partial charge on any atom is -0.300 e. The Morgan fingerprint density at radius 3 is 2.58 bits per heavy atom. The van der Waals surface area contributed by atoms with Gasteiger partial charge in [-0.3, -0.25) is 0 Å². The van der Waals surface area contributed by atoms with Crippen LogP contribution in [0.5, 0.6) is 0 Å². The monoisotopic (exact) mass is 187 g/mol. The first kappa shape index (κ1) is 10.4. The molecule has 1 fully saturated rings. The molecule has 12 heavy (non-hydrogen) atoms. The van der Waals surface area contributed by atoms with Gasteiger partial charge in [-0.05, 0) is 30.9 Å². The average molecular weight is 187 g/mol. The molecule has 1 heterocycles. The molecular formula is C10H21NS. The van der Waals surface area contributed by atoms with Gasteiger partial charge < -0.3 is 4.90 Å². The normalized spacial score (nSPS) is 34.0. The number of hydrogen-bond donors (Lipinski definition) is 1. The Morgan fingerprint density at radius 1 is 1.50 bits per heavy atom. The minimum absolute atomic E-state index is 0.737. The Balaban J connectivity index is 2.32. The minimum atomic E-state index is 0.737. The molecule has 1 aliphatic rings. The van der Waals surface area contributed by atoms with Crippen LogP contribution in [0.4, 0.5) is 0 Å². The summed E-state index contributed by atoms with van der Waals surface area (Å²) < 4.78 is 0. The molecule has 1 rings (SSSR count). The average Bonchev–Trinajstić information content (AvgIpc) is 2.30. The van der Waals surface area contributed by atoms with Crippen molar-refractivity contribution in [3.05, 3.63) is 0 Å². The third-order valence-corrected chi connectivity index (χ3v) is 3.39. The molecule has 0 aromatic heterocycles. The lowest BCUT2D eigenvalue weighted by molar-refractivity contribution is 0.237. The molecule has 1 aliphatic heterocycles. The van der Waals surface area contributed by atoms with Crippen LogP contribution < -0.4 is 0 Å². The first-order valence-electron chi connectivity index (χ1n) is 4.98. The zero-order valence-electron chi connectivity index (χ0n) is 8.45. The van der Waals surface area contributed by atoms with Crippen LogP contribution in [-0.4, -0.2) is 29.8 Å². The van der Waals surface area contributed by atoms with E-state index in [0.29, 0.717) is 0 Å². The van der Waals surface area contributed by atoms with Crippen molar-refractivity contribution in [1.82, 2.24) is 4.90 Å². The van der Waals surface area contributed by atoms with Gasteiger partial charge in [-0.1, -0.05) is 13.8 Å². The van der Waals surface area contributed by atoms with Crippen molar-refractivity contribution in [1.29, 1.82) is 0 Å². The summed E-state index contributed by atoms with van der Waals surface area (Å²) >= 11 is 4.31. The van der Waals surface area contributed by atoms with Crippen molar-refractivity contribution in [2.24, 2.45) is 11.8 Å². The van der Waals surface area contributed by atoms with Crippen LogP contribution >= 0.6 is 12.6 Å². The molecule has 3 atom stereocenters. The summed E-state index contributed by atoms with van der Waals surface area (Å²) in [6, 6.07) is 0.794. The van der Waals surface area contributed by atoms with Gasteiger partial charge in [0.05, 0.1) is 0 Å². The molecule has 0 saturated carbocycles. The maximum Gasteiger partial charge on any atom is 0.00701 e. The Kier molecular flexibility index (Phi) is 3.91. The molecule has 1 nitrogen and oxygen atoms in total. The highest BCUT2D eigenvalue weighted by atomic mass is 32.1. The Labute approximate surface area is 81.9 Å². The molecule has 0 aromatic rings. The number of nitrogens with zero attached hydrogens (tertiary/aromatic N) is 1. The van der Waals surface area contributed by atoms with Gasteiger partial charge >= 0.3 is 0 Å². The summed E-state index contributed by atoms with van der Waals surface area (Å²) in [5.41, 5.74) is 0. The van der Waals surface area contributed by atoms with Crippen molar-refractivity contribution >= 4 is 12.6 Å². The molecule has 3 unspecified atom stereocenters. The summed E-state index contributed by atoms with van der Waals surface area (Å²) in [5.74, 6) is 2.64. The largest absolute Gasteiger partial charge is 0.300 e. The first-order chi connectivity index (χ1) is 5.63. The van der Waals surface area contributed by atoms with E-state index in [-0.39, 0.29) is 0 Å². The standard InChI is InChI=1S/C10H21NS/c1-8-4-10(3)11(5-8)6-9(2)7-12/h8-10,12H,4-7H2,1-3H3. The first-order valence-corrected chi connectivity index (χ1v) is 5.61. The molecule has 1 saturated heterocycles. The van der Waals surface area contributed by atoms with Crippen molar-refractivity contribution in [3.8, 4) is 0 Å². The van der Waals surface area contributed by atoms with E-state index in [9.17, 15) is 0 Å². The maximum atomic E-state index is 4.31. The topological polar surface area (TPSA) is 3.24 Å². The van der Waals surface area contributed by atoms with E-state index in [1.807, 2.05) is 0 Å². The lowest BCUT2D eigenvalue weighted by Gasteiger charge is -2.23. The summed E-state index contributed by atoms with van der Waals surface area (Å²) in [7, 11) is 0. The second-order valence-electron chi connectivity index (χ2n) is 4.43. The second kappa shape index (κ2) is 4.52. The summed E-state index contributed by atoms with van der Waals surface area (Å²) in [4.78, 5) is 2.60. The fourth-order valence-corrected chi connectivity index (χ4v) is 2.21. The van der Waals surface area contributed by atoms with Crippen LogP contribution in [-0.2, 0) is 0 Å². The van der Waals surface area contributed by atoms with Crippen molar-refractivity contribution in [3.63, 3.8) is 0 Å². The summed E-state index contributed by atoms with van der Waals surface area (Å²) in [5, 5.41) is 0. The molecule has 0 bridgehead atoms. The number of likely N-dealkylation sites (tertiary alicyclic amines) is 1. The van der Waals surface area contributed by atoms with Gasteiger partial charge in [-0.25, -0.2) is 0 Å². The molecule has 0 radical (unpaired) electrons. The van der Waals surface area contributed by atoms with Gasteiger partial charge in [0.15, 0.2) is 0 Å². The predicted octanol–water partition coefficient (Wildman–Crippen LogP) is 2.28. The van der Waals surface area contributed by atoms with Gasteiger partial charge in [0.1, 0.15) is 0 Å². The van der Waals surface area contributed by atoms with E-state index in [2.05, 4.69) is 38.3 Å². The van der Waals surface area contributed by atoms with Gasteiger partial charge in [-0.2, -0.15) is 12.6 Å². The summed E-state index contributed by atoms with van der Waals surface area (Å²) in [6.45, 7) is 9.49. The number of rotatable bonds is 3. The van der Waals surface area contributed by atoms with E-state index in [1.165, 1.54) is 19.5 Å². The van der Waals surface area contributed by atoms with Gasteiger partial charge in [0, 0.05) is 19.1 Å². The highest BCUT2D eigenvalue weighted by molar-refractivity contribution is 7.80. The second-order valence-corrected chi connectivity index (χ2v) is 4.80. The van der Waals surface area contributed by atoms with E-state index in [1.54, 1.807) is 0 Å². The van der Waals surface area contributed by atoms with E-state index in [4.69, 9.17) is 0 Å². The quantitative estimate of drug-likeness (QED) is 0.663. The Hall–Kier alpha value is 0.310. The van der Waals surface area contributed by atoms with Gasteiger partial charge in [0.25, 0.3) is 0 Å². The lowest BCUT2D eigenvalue weighted by Crippen LogP contribution is -2.32. The molecule has 2 heteroatoms. The van der Waals surface area contributed by atoms with Crippen LogP contribution in [0.3, 0.4) is 0 Å². The zero-order chi connectivity index (χ0) is 9.14. The lowest BCUT2D eigenvalue weighted by atomic mass is 10.1. The molecule has 0 aromatic carbocycles. The Bertz CT molecular complexity index is 138. The SMILES string of the molecule is CC(CS)CN1CC(C)CC1C. The van der Waals surface area contributed by atoms with Crippen LogP contribution in [0, 0.1) is 11.8 Å². The molecule has 0 amide bonds. The third kappa shape index (κ3) is 2.67. The fourth-order valence-electron chi connectivity index (χ4n) is 2.10. The molecular weight excluding hydrogens is 166 g/mol. The van der Waals surface area contributed by atoms with Crippen LogP contribution in [0.15, 0.2) is 0 Å². The van der Waals surface area contributed by atoms with Gasteiger partial charge in [-0.15, -0.1) is 0 Å². The maximum absolute atomic E-state index is 4.31. The van der Waals surface area contributed by atoms with E-state index >= 15 is 0 Å². The van der Waals surface area contributed by atoms with Crippen LogP contribution in [0.1, 0.15) is 27.2 Å². The van der Waals surface area contributed by atoms with Crippen molar-refractivity contribution < 1.29 is 0 Å². The van der Waals surface area contributed by atoms with E-state index in [0.717, 1.165) is 23.6 Å². The highest BCUT2D eigenvalue weighted by Gasteiger charge is 2.26.